The van der Waals surface area contributed by atoms with Crippen molar-refractivity contribution >= 4 is 11.0 Å². The summed E-state index contributed by atoms with van der Waals surface area (Å²) in [6, 6.07) is 10.0. The summed E-state index contributed by atoms with van der Waals surface area (Å²) in [5.41, 5.74) is 3.17. The van der Waals surface area contributed by atoms with Crippen LogP contribution in [0.25, 0.3) is 11.0 Å². The van der Waals surface area contributed by atoms with Gasteiger partial charge in [0.05, 0.1) is 11.0 Å². The van der Waals surface area contributed by atoms with Crippen molar-refractivity contribution in [3.8, 4) is 0 Å². The van der Waals surface area contributed by atoms with Gasteiger partial charge in [0, 0.05) is 6.42 Å². The Kier molecular flexibility index (Phi) is 2.78. The van der Waals surface area contributed by atoms with Crippen molar-refractivity contribution in [2.24, 2.45) is 0 Å². The standard InChI is InChI=1S/C15H12F2N2/c1-9-5-6-12-13(7-9)19-14(18-12)8-10-3-2-4-11(16)15(10)17/h2-7H,8H2,1H3,(H,18,19). The minimum atomic E-state index is -0.829. The highest BCUT2D eigenvalue weighted by Gasteiger charge is 2.10. The summed E-state index contributed by atoms with van der Waals surface area (Å²) in [6.07, 6.45) is 0.247. The fraction of sp³-hybridized carbons (Fsp3) is 0.133. The molecule has 2 aromatic carbocycles. The molecule has 0 aliphatic rings. The number of halogens is 2. The molecule has 0 saturated carbocycles. The molecule has 0 amide bonds. The van der Waals surface area contributed by atoms with E-state index in [4.69, 9.17) is 0 Å². The van der Waals surface area contributed by atoms with Gasteiger partial charge in [-0.25, -0.2) is 13.8 Å². The Labute approximate surface area is 109 Å². The van der Waals surface area contributed by atoms with Crippen molar-refractivity contribution in [1.82, 2.24) is 9.97 Å². The Bertz CT molecular complexity index is 747. The number of benzene rings is 2. The van der Waals surface area contributed by atoms with Crippen molar-refractivity contribution in [1.29, 1.82) is 0 Å². The van der Waals surface area contributed by atoms with Gasteiger partial charge in [-0.3, -0.25) is 0 Å². The van der Waals surface area contributed by atoms with E-state index in [2.05, 4.69) is 9.97 Å². The Morgan fingerprint density at radius 3 is 2.84 bits per heavy atom. The third-order valence-electron chi connectivity index (χ3n) is 3.08. The summed E-state index contributed by atoms with van der Waals surface area (Å²) >= 11 is 0. The number of H-pyrrole nitrogens is 1. The number of rotatable bonds is 2. The summed E-state index contributed by atoms with van der Waals surface area (Å²) in [7, 11) is 0. The quantitative estimate of drug-likeness (QED) is 0.745. The molecule has 0 aliphatic heterocycles. The molecule has 1 aromatic heterocycles. The number of fused-ring (bicyclic) bond motifs is 1. The van der Waals surface area contributed by atoms with Gasteiger partial charge in [0.25, 0.3) is 0 Å². The largest absolute Gasteiger partial charge is 0.342 e. The van der Waals surface area contributed by atoms with Crippen LogP contribution in [-0.4, -0.2) is 9.97 Å². The second-order valence-electron chi connectivity index (χ2n) is 4.59. The van der Waals surface area contributed by atoms with E-state index in [0.717, 1.165) is 22.7 Å². The predicted molar refractivity (Wildman–Crippen MR) is 70.0 cm³/mol. The molecule has 0 saturated heterocycles. The zero-order valence-corrected chi connectivity index (χ0v) is 10.4. The highest BCUT2D eigenvalue weighted by molar-refractivity contribution is 5.75. The minimum Gasteiger partial charge on any atom is -0.342 e. The molecule has 4 heteroatoms. The summed E-state index contributed by atoms with van der Waals surface area (Å²) in [5, 5.41) is 0. The zero-order chi connectivity index (χ0) is 13.4. The van der Waals surface area contributed by atoms with Gasteiger partial charge in [0.1, 0.15) is 5.82 Å². The van der Waals surface area contributed by atoms with Crippen LogP contribution in [0.15, 0.2) is 36.4 Å². The van der Waals surface area contributed by atoms with Gasteiger partial charge < -0.3 is 4.98 Å². The summed E-state index contributed by atoms with van der Waals surface area (Å²) in [4.78, 5) is 7.51. The van der Waals surface area contributed by atoms with Crippen LogP contribution in [0.3, 0.4) is 0 Å². The second-order valence-corrected chi connectivity index (χ2v) is 4.59. The predicted octanol–water partition coefficient (Wildman–Crippen LogP) is 3.74. The van der Waals surface area contributed by atoms with E-state index >= 15 is 0 Å². The van der Waals surface area contributed by atoms with Crippen molar-refractivity contribution in [2.75, 3.05) is 0 Å². The van der Waals surface area contributed by atoms with E-state index in [-0.39, 0.29) is 6.42 Å². The fourth-order valence-corrected chi connectivity index (χ4v) is 2.13. The van der Waals surface area contributed by atoms with E-state index in [9.17, 15) is 8.78 Å². The van der Waals surface area contributed by atoms with E-state index in [1.54, 1.807) is 6.07 Å². The lowest BCUT2D eigenvalue weighted by molar-refractivity contribution is 0.500. The average Bonchev–Trinajstić information content (AvgIpc) is 2.76. The monoisotopic (exact) mass is 258 g/mol. The van der Waals surface area contributed by atoms with Gasteiger partial charge in [0.2, 0.25) is 0 Å². The van der Waals surface area contributed by atoms with Crippen LogP contribution in [0.2, 0.25) is 0 Å². The average molecular weight is 258 g/mol. The number of aromatic nitrogens is 2. The third kappa shape index (κ3) is 2.21. The molecule has 1 N–H and O–H groups in total. The summed E-state index contributed by atoms with van der Waals surface area (Å²) in [6.45, 7) is 1.99. The minimum absolute atomic E-state index is 0.247. The van der Waals surface area contributed by atoms with E-state index < -0.39 is 11.6 Å². The maximum absolute atomic E-state index is 13.6. The van der Waals surface area contributed by atoms with Crippen LogP contribution in [0.5, 0.6) is 0 Å². The number of nitrogens with one attached hydrogen (secondary N) is 1. The van der Waals surface area contributed by atoms with Gasteiger partial charge in [-0.2, -0.15) is 0 Å². The Hall–Kier alpha value is -2.23. The molecule has 0 bridgehead atoms. The first-order chi connectivity index (χ1) is 9.13. The summed E-state index contributed by atoms with van der Waals surface area (Å²) < 4.78 is 26.7. The van der Waals surface area contributed by atoms with Crippen molar-refractivity contribution in [3.05, 3.63) is 65.0 Å². The van der Waals surface area contributed by atoms with Crippen LogP contribution in [0, 0.1) is 18.6 Å². The Morgan fingerprint density at radius 2 is 2.00 bits per heavy atom. The molecule has 3 aromatic rings. The second kappa shape index (κ2) is 4.46. The molecule has 2 nitrogen and oxygen atoms in total. The molecule has 19 heavy (non-hydrogen) atoms. The summed E-state index contributed by atoms with van der Waals surface area (Å²) in [5.74, 6) is -1.01. The molecule has 96 valence electrons. The number of nitrogens with zero attached hydrogens (tertiary/aromatic N) is 1. The van der Waals surface area contributed by atoms with Gasteiger partial charge in [0.15, 0.2) is 11.6 Å². The molecule has 0 spiro atoms. The first-order valence-corrected chi connectivity index (χ1v) is 6.01. The lowest BCUT2D eigenvalue weighted by atomic mass is 10.1. The topological polar surface area (TPSA) is 28.7 Å². The molecule has 0 fully saturated rings. The molecular weight excluding hydrogens is 246 g/mol. The van der Waals surface area contributed by atoms with Crippen LogP contribution >= 0.6 is 0 Å². The van der Waals surface area contributed by atoms with Crippen molar-refractivity contribution in [2.45, 2.75) is 13.3 Å². The SMILES string of the molecule is Cc1ccc2nc(Cc3cccc(F)c3F)[nH]c2c1. The lowest BCUT2D eigenvalue weighted by Crippen LogP contribution is -1.97. The lowest BCUT2D eigenvalue weighted by Gasteiger charge is -2.01. The van der Waals surface area contributed by atoms with Gasteiger partial charge in [-0.1, -0.05) is 18.2 Å². The smallest absolute Gasteiger partial charge is 0.162 e. The van der Waals surface area contributed by atoms with E-state index in [0.29, 0.717) is 11.4 Å². The van der Waals surface area contributed by atoms with Crippen LogP contribution in [0.1, 0.15) is 17.0 Å². The van der Waals surface area contributed by atoms with Gasteiger partial charge >= 0.3 is 0 Å². The van der Waals surface area contributed by atoms with E-state index in [1.807, 2.05) is 25.1 Å². The van der Waals surface area contributed by atoms with Crippen molar-refractivity contribution < 1.29 is 8.78 Å². The molecular formula is C15H12F2N2. The maximum atomic E-state index is 13.6. The number of aryl methyl sites for hydroxylation is 1. The van der Waals surface area contributed by atoms with Gasteiger partial charge in [-0.15, -0.1) is 0 Å². The molecule has 3 rings (SSSR count). The maximum Gasteiger partial charge on any atom is 0.162 e. The molecule has 0 atom stereocenters. The Balaban J connectivity index is 1.99. The van der Waals surface area contributed by atoms with Crippen LogP contribution < -0.4 is 0 Å². The number of hydrogen-bond donors (Lipinski definition) is 1. The van der Waals surface area contributed by atoms with Crippen LogP contribution in [-0.2, 0) is 6.42 Å². The van der Waals surface area contributed by atoms with Gasteiger partial charge in [-0.05, 0) is 36.2 Å². The molecule has 0 aliphatic carbocycles. The number of hydrogen-bond acceptors (Lipinski definition) is 1. The van der Waals surface area contributed by atoms with Crippen LogP contribution in [0.4, 0.5) is 8.78 Å². The normalized spacial score (nSPS) is 11.1. The highest BCUT2D eigenvalue weighted by atomic mass is 19.2. The molecule has 0 radical (unpaired) electrons. The number of imidazole rings is 1. The Morgan fingerprint density at radius 1 is 1.16 bits per heavy atom. The van der Waals surface area contributed by atoms with Crippen molar-refractivity contribution in [3.63, 3.8) is 0 Å². The zero-order valence-electron chi connectivity index (χ0n) is 10.4. The third-order valence-corrected chi connectivity index (χ3v) is 3.08. The fourth-order valence-electron chi connectivity index (χ4n) is 2.13. The first kappa shape index (κ1) is 11.8. The highest BCUT2D eigenvalue weighted by Crippen LogP contribution is 2.18. The molecule has 0 unspecified atom stereocenters. The number of aromatic amines is 1. The van der Waals surface area contributed by atoms with E-state index in [1.165, 1.54) is 6.07 Å². The first-order valence-electron chi connectivity index (χ1n) is 6.01. The molecule has 1 heterocycles.